The number of amides is 2. The van der Waals surface area contributed by atoms with Crippen molar-refractivity contribution in [3.8, 4) is 11.3 Å². The van der Waals surface area contributed by atoms with E-state index >= 15 is 0 Å². The molecule has 1 unspecified atom stereocenters. The topological polar surface area (TPSA) is 103 Å². The average Bonchev–Trinajstić information content (AvgIpc) is 3.59. The van der Waals surface area contributed by atoms with Crippen LogP contribution in [-0.4, -0.2) is 67.5 Å². The van der Waals surface area contributed by atoms with E-state index in [-0.39, 0.29) is 17.7 Å². The number of benzene rings is 1. The van der Waals surface area contributed by atoms with Gasteiger partial charge in [0.2, 0.25) is 17.8 Å². The van der Waals surface area contributed by atoms with Crippen LogP contribution < -0.4 is 5.32 Å². The predicted octanol–water partition coefficient (Wildman–Crippen LogP) is 2.07. The van der Waals surface area contributed by atoms with Crippen LogP contribution in [0.1, 0.15) is 32.3 Å². The summed E-state index contributed by atoms with van der Waals surface area (Å²) in [6.45, 7) is 5.81. The molecule has 1 aromatic carbocycles. The molecule has 3 aromatic rings. The number of anilines is 1. The molecule has 33 heavy (non-hydrogen) atoms. The maximum atomic E-state index is 12.1. The van der Waals surface area contributed by atoms with Gasteiger partial charge in [-0.3, -0.25) is 19.8 Å². The average molecular weight is 449 g/mol. The van der Waals surface area contributed by atoms with Gasteiger partial charge >= 0.3 is 0 Å². The zero-order chi connectivity index (χ0) is 23.2. The molecule has 0 spiro atoms. The molecule has 172 valence electrons. The van der Waals surface area contributed by atoms with Crippen LogP contribution in [-0.2, 0) is 15.3 Å². The molecular formula is C24H28N6O3. The summed E-state index contributed by atoms with van der Waals surface area (Å²) in [6.07, 6.45) is 1.85. The van der Waals surface area contributed by atoms with Gasteiger partial charge in [-0.1, -0.05) is 30.3 Å². The van der Waals surface area contributed by atoms with Crippen LogP contribution in [0, 0.1) is 5.92 Å². The van der Waals surface area contributed by atoms with Gasteiger partial charge in [-0.2, -0.15) is 4.98 Å². The van der Waals surface area contributed by atoms with E-state index in [0.717, 1.165) is 29.7 Å². The number of rotatable bonds is 5. The number of nitrogens with one attached hydrogen (secondary N) is 1. The molecule has 9 heteroatoms. The van der Waals surface area contributed by atoms with E-state index in [9.17, 15) is 14.7 Å². The van der Waals surface area contributed by atoms with Crippen LogP contribution in [0.2, 0.25) is 0 Å². The summed E-state index contributed by atoms with van der Waals surface area (Å²) in [7, 11) is 0. The quantitative estimate of drug-likeness (QED) is 0.620. The zero-order valence-corrected chi connectivity index (χ0v) is 18.9. The van der Waals surface area contributed by atoms with E-state index in [2.05, 4.69) is 15.4 Å². The van der Waals surface area contributed by atoms with E-state index in [1.165, 1.54) is 0 Å². The highest BCUT2D eigenvalue weighted by Gasteiger charge is 2.34. The third-order valence-corrected chi connectivity index (χ3v) is 6.61. The van der Waals surface area contributed by atoms with Crippen molar-refractivity contribution in [1.29, 1.82) is 0 Å². The first kappa shape index (κ1) is 21.5. The summed E-state index contributed by atoms with van der Waals surface area (Å²) in [6, 6.07) is 13.4. The van der Waals surface area contributed by atoms with Gasteiger partial charge in [0, 0.05) is 44.6 Å². The Balaban J connectivity index is 1.36. The van der Waals surface area contributed by atoms with E-state index in [0.29, 0.717) is 37.8 Å². The Kier molecular flexibility index (Phi) is 5.38. The summed E-state index contributed by atoms with van der Waals surface area (Å²) >= 11 is 0. The van der Waals surface area contributed by atoms with Gasteiger partial charge in [0.05, 0.1) is 5.69 Å². The van der Waals surface area contributed by atoms with Gasteiger partial charge < -0.3 is 10.0 Å². The molecule has 5 rings (SSSR count). The molecule has 9 nitrogen and oxygen atoms in total. The molecule has 1 saturated carbocycles. The Bertz CT molecular complexity index is 1190. The van der Waals surface area contributed by atoms with Crippen molar-refractivity contribution in [2.24, 2.45) is 5.92 Å². The monoisotopic (exact) mass is 448 g/mol. The van der Waals surface area contributed by atoms with Crippen LogP contribution in [0.3, 0.4) is 0 Å². The fourth-order valence-electron chi connectivity index (χ4n) is 4.33. The number of aromatic nitrogens is 3. The summed E-state index contributed by atoms with van der Waals surface area (Å²) in [5.41, 5.74) is 2.06. The van der Waals surface area contributed by atoms with Crippen LogP contribution in [0.25, 0.3) is 16.9 Å². The van der Waals surface area contributed by atoms with Gasteiger partial charge in [0.1, 0.15) is 5.72 Å². The number of pyridine rings is 1. The number of hydrogen-bond acceptors (Lipinski definition) is 6. The Morgan fingerprint density at radius 1 is 1.06 bits per heavy atom. The standard InChI is InChI=1S/C24H28N6O3/c1-16(31)28-12-14-29(15-13-28)24(2,33)19-10-8-17(9-11-19)20-4-3-5-21-25-23(27-30(20)21)26-22(32)18-6-7-18/h3-5,8-11,18,33H,6-7,12-15H2,1-2H3,(H,26,27,32). The Morgan fingerprint density at radius 3 is 2.39 bits per heavy atom. The molecule has 2 aromatic heterocycles. The number of hydrogen-bond donors (Lipinski definition) is 2. The fourth-order valence-corrected chi connectivity index (χ4v) is 4.33. The Hall–Kier alpha value is -3.30. The van der Waals surface area contributed by atoms with Crippen LogP contribution in [0.15, 0.2) is 42.5 Å². The van der Waals surface area contributed by atoms with Crippen molar-refractivity contribution >= 4 is 23.4 Å². The first-order valence-electron chi connectivity index (χ1n) is 11.3. The second-order valence-electron chi connectivity index (χ2n) is 8.97. The molecule has 2 aliphatic rings. The molecule has 1 aliphatic heterocycles. The minimum absolute atomic E-state index is 0.0248. The molecule has 0 bridgehead atoms. The second kappa shape index (κ2) is 8.24. The van der Waals surface area contributed by atoms with Crippen LogP contribution >= 0.6 is 0 Å². The van der Waals surface area contributed by atoms with E-state index in [1.54, 1.807) is 23.3 Å². The molecule has 3 heterocycles. The third-order valence-electron chi connectivity index (χ3n) is 6.61. The number of carbonyl (C=O) groups is 2. The Morgan fingerprint density at radius 2 is 1.76 bits per heavy atom. The maximum absolute atomic E-state index is 12.1. The largest absolute Gasteiger partial charge is 0.372 e. The summed E-state index contributed by atoms with van der Waals surface area (Å²) < 4.78 is 1.72. The maximum Gasteiger partial charge on any atom is 0.249 e. The lowest BCUT2D eigenvalue weighted by Crippen LogP contribution is -2.55. The molecule has 1 atom stereocenters. The summed E-state index contributed by atoms with van der Waals surface area (Å²) in [4.78, 5) is 31.9. The first-order chi connectivity index (χ1) is 15.8. The normalized spacial score (nSPS) is 18.8. The molecule has 2 amide bonds. The smallest absolute Gasteiger partial charge is 0.249 e. The number of carbonyl (C=O) groups excluding carboxylic acids is 2. The van der Waals surface area contributed by atoms with Gasteiger partial charge in [0.25, 0.3) is 0 Å². The fraction of sp³-hybridized carbons (Fsp3) is 0.417. The SMILES string of the molecule is CC(=O)N1CCN(C(C)(O)c2ccc(-c3cccc4nc(NC(=O)C5CC5)nn34)cc2)CC1. The molecule has 0 radical (unpaired) electrons. The molecule has 1 saturated heterocycles. The second-order valence-corrected chi connectivity index (χ2v) is 8.97. The van der Waals surface area contributed by atoms with E-state index < -0.39 is 5.72 Å². The number of nitrogens with zero attached hydrogens (tertiary/aromatic N) is 5. The van der Waals surface area contributed by atoms with Crippen molar-refractivity contribution in [1.82, 2.24) is 24.4 Å². The summed E-state index contributed by atoms with van der Waals surface area (Å²) in [5, 5.41) is 18.6. The highest BCUT2D eigenvalue weighted by Crippen LogP contribution is 2.31. The van der Waals surface area contributed by atoms with Crippen molar-refractivity contribution in [2.75, 3.05) is 31.5 Å². The molecule has 2 fully saturated rings. The van der Waals surface area contributed by atoms with E-state index in [1.807, 2.05) is 47.4 Å². The molecule has 2 N–H and O–H groups in total. The minimum atomic E-state index is -1.14. The third kappa shape index (κ3) is 4.21. The highest BCUT2D eigenvalue weighted by atomic mass is 16.3. The van der Waals surface area contributed by atoms with E-state index in [4.69, 9.17) is 0 Å². The van der Waals surface area contributed by atoms with Crippen molar-refractivity contribution in [3.63, 3.8) is 0 Å². The van der Waals surface area contributed by atoms with Crippen molar-refractivity contribution < 1.29 is 14.7 Å². The first-order valence-corrected chi connectivity index (χ1v) is 11.3. The van der Waals surface area contributed by atoms with Crippen molar-refractivity contribution in [2.45, 2.75) is 32.4 Å². The molecule has 1 aliphatic carbocycles. The summed E-state index contributed by atoms with van der Waals surface area (Å²) in [5.74, 6) is 0.435. The van der Waals surface area contributed by atoms with Crippen molar-refractivity contribution in [3.05, 3.63) is 48.0 Å². The van der Waals surface area contributed by atoms with Gasteiger partial charge in [-0.05, 0) is 37.5 Å². The zero-order valence-electron chi connectivity index (χ0n) is 18.9. The highest BCUT2D eigenvalue weighted by molar-refractivity contribution is 5.92. The lowest BCUT2D eigenvalue weighted by molar-refractivity contribution is -0.141. The van der Waals surface area contributed by atoms with Gasteiger partial charge in [0.15, 0.2) is 5.65 Å². The van der Waals surface area contributed by atoms with Crippen LogP contribution in [0.4, 0.5) is 5.95 Å². The number of piperazine rings is 1. The lowest BCUT2D eigenvalue weighted by atomic mass is 9.99. The Labute approximate surface area is 192 Å². The van der Waals surface area contributed by atoms with Gasteiger partial charge in [-0.25, -0.2) is 4.52 Å². The lowest BCUT2D eigenvalue weighted by Gasteiger charge is -2.42. The van der Waals surface area contributed by atoms with Gasteiger partial charge in [-0.15, -0.1) is 5.10 Å². The van der Waals surface area contributed by atoms with Crippen LogP contribution in [0.5, 0.6) is 0 Å². The minimum Gasteiger partial charge on any atom is -0.372 e. The predicted molar refractivity (Wildman–Crippen MR) is 123 cm³/mol. The number of fused-ring (bicyclic) bond motifs is 1. The number of aliphatic hydroxyl groups is 1. The molecular weight excluding hydrogens is 420 g/mol.